The summed E-state index contributed by atoms with van der Waals surface area (Å²) >= 11 is 0. The van der Waals surface area contributed by atoms with Crippen LogP contribution in [-0.4, -0.2) is 32.6 Å². The predicted molar refractivity (Wildman–Crippen MR) is 85.1 cm³/mol. The predicted octanol–water partition coefficient (Wildman–Crippen LogP) is 0.0143. The molecule has 2 unspecified atom stereocenters. The van der Waals surface area contributed by atoms with E-state index in [-0.39, 0.29) is 12.8 Å². The van der Waals surface area contributed by atoms with Gasteiger partial charge in [-0.15, -0.1) is 0 Å². The lowest BCUT2D eigenvalue weighted by Crippen LogP contribution is -2.44. The highest BCUT2D eigenvalue weighted by atomic mass is 16.7. The van der Waals surface area contributed by atoms with Gasteiger partial charge in [-0.05, 0) is 30.3 Å². The Labute approximate surface area is 141 Å². The Hall–Kier alpha value is -3.10. The number of nitrogens with one attached hydrogen (secondary N) is 1. The minimum atomic E-state index is -1.48. The van der Waals surface area contributed by atoms with Gasteiger partial charge < -0.3 is 9.57 Å². The van der Waals surface area contributed by atoms with Gasteiger partial charge in [-0.1, -0.05) is 25.1 Å². The Kier molecular flexibility index (Phi) is 4.07. The first kappa shape index (κ1) is 16.7. The molecular weight excluding hydrogens is 330 g/mol. The van der Waals surface area contributed by atoms with Gasteiger partial charge in [0.15, 0.2) is 5.41 Å². The molecule has 25 heavy (non-hydrogen) atoms. The molecule has 9 nitrogen and oxygen atoms in total. The Morgan fingerprint density at radius 1 is 1.32 bits per heavy atom. The molecule has 1 aliphatic heterocycles. The molecule has 0 amide bonds. The smallest absolute Gasteiger partial charge is 0.386 e. The number of carbonyl (C=O) groups excluding carboxylic acids is 2. The van der Waals surface area contributed by atoms with Crippen LogP contribution < -0.4 is 16.2 Å². The first-order valence-electron chi connectivity index (χ1n) is 7.82. The van der Waals surface area contributed by atoms with Gasteiger partial charge in [0, 0.05) is 6.42 Å². The molecule has 0 bridgehead atoms. The zero-order valence-electron chi connectivity index (χ0n) is 13.7. The molecule has 1 N–H and O–H groups in total. The van der Waals surface area contributed by atoms with E-state index in [0.29, 0.717) is 10.5 Å². The first-order valence-corrected chi connectivity index (χ1v) is 7.82. The summed E-state index contributed by atoms with van der Waals surface area (Å²) in [6, 6.07) is 8.18. The third-order valence-corrected chi connectivity index (χ3v) is 4.28. The molecule has 2 heterocycles. The van der Waals surface area contributed by atoms with Crippen LogP contribution in [0.2, 0.25) is 0 Å². The second-order valence-corrected chi connectivity index (χ2v) is 5.90. The van der Waals surface area contributed by atoms with Crippen molar-refractivity contribution in [2.75, 3.05) is 0 Å². The van der Waals surface area contributed by atoms with Crippen LogP contribution in [0.4, 0.5) is 0 Å². The van der Waals surface area contributed by atoms with Crippen LogP contribution in [0.3, 0.4) is 0 Å². The van der Waals surface area contributed by atoms with E-state index in [4.69, 9.17) is 9.57 Å². The van der Waals surface area contributed by atoms with Crippen molar-refractivity contribution in [1.82, 2.24) is 14.5 Å². The Morgan fingerprint density at radius 2 is 2.00 bits per heavy atom. The standard InChI is InChI=1S/C16H17N3O6/c1-3-16(9-10(2)24-12(16)20)13(21)25-19-15(23)18(14(22)17-19)11-7-5-4-6-8-11/h4-8,10H,3,9H2,1-2H3,(H,17,22). The van der Waals surface area contributed by atoms with Gasteiger partial charge in [-0.25, -0.2) is 24.0 Å². The summed E-state index contributed by atoms with van der Waals surface area (Å²) in [7, 11) is 0. The summed E-state index contributed by atoms with van der Waals surface area (Å²) in [5, 5.41) is 2.15. The topological polar surface area (TPSA) is 112 Å². The number of carbonyl (C=O) groups is 2. The number of rotatable bonds is 4. The van der Waals surface area contributed by atoms with Crippen LogP contribution >= 0.6 is 0 Å². The third-order valence-electron chi connectivity index (χ3n) is 4.28. The van der Waals surface area contributed by atoms with Crippen molar-refractivity contribution in [2.45, 2.75) is 32.8 Å². The van der Waals surface area contributed by atoms with Gasteiger partial charge in [-0.2, -0.15) is 0 Å². The second-order valence-electron chi connectivity index (χ2n) is 5.90. The molecule has 9 heteroatoms. The SMILES string of the molecule is CCC1(C(=O)On2[nH]c(=O)n(-c3ccccc3)c2=O)CC(C)OC1=O. The average molecular weight is 347 g/mol. The molecule has 2 atom stereocenters. The number of hydrogen-bond acceptors (Lipinski definition) is 6. The van der Waals surface area contributed by atoms with Gasteiger partial charge in [0.1, 0.15) is 6.10 Å². The number of aromatic amines is 1. The van der Waals surface area contributed by atoms with Crippen LogP contribution in [0.1, 0.15) is 26.7 Å². The van der Waals surface area contributed by atoms with Crippen molar-refractivity contribution in [3.8, 4) is 5.69 Å². The molecule has 0 spiro atoms. The largest absolute Gasteiger partial charge is 0.462 e. The zero-order chi connectivity index (χ0) is 18.2. The first-order chi connectivity index (χ1) is 11.9. The molecular formula is C16H17N3O6. The molecule has 3 rings (SSSR count). The molecule has 1 saturated heterocycles. The second kappa shape index (κ2) is 6.08. The Bertz CT molecular complexity index is 925. The Balaban J connectivity index is 1.95. The van der Waals surface area contributed by atoms with Crippen molar-refractivity contribution in [3.63, 3.8) is 0 Å². The lowest BCUT2D eigenvalue weighted by molar-refractivity contribution is -0.167. The van der Waals surface area contributed by atoms with Gasteiger partial charge >= 0.3 is 23.3 Å². The van der Waals surface area contributed by atoms with E-state index >= 15 is 0 Å². The molecule has 132 valence electrons. The summed E-state index contributed by atoms with van der Waals surface area (Å²) in [6.07, 6.45) is -0.114. The maximum atomic E-state index is 12.5. The van der Waals surface area contributed by atoms with Gasteiger partial charge in [0.2, 0.25) is 0 Å². The summed E-state index contributed by atoms with van der Waals surface area (Å²) in [5.74, 6) is -1.63. The number of aromatic nitrogens is 3. The maximum Gasteiger partial charge on any atom is 0.386 e. The van der Waals surface area contributed by atoms with E-state index in [1.54, 1.807) is 44.2 Å². The lowest BCUT2D eigenvalue weighted by Gasteiger charge is -2.19. The fourth-order valence-corrected chi connectivity index (χ4v) is 2.91. The molecule has 2 aromatic rings. The van der Waals surface area contributed by atoms with Gasteiger partial charge in [0.25, 0.3) is 0 Å². The minimum absolute atomic E-state index is 0.152. The maximum absolute atomic E-state index is 12.5. The highest BCUT2D eigenvalue weighted by Gasteiger charge is 2.54. The van der Waals surface area contributed by atoms with Crippen LogP contribution in [0.5, 0.6) is 0 Å². The van der Waals surface area contributed by atoms with Crippen molar-refractivity contribution in [2.24, 2.45) is 5.41 Å². The van der Waals surface area contributed by atoms with E-state index in [9.17, 15) is 19.2 Å². The number of esters is 1. The molecule has 0 radical (unpaired) electrons. The number of para-hydroxylation sites is 1. The average Bonchev–Trinajstić information content (AvgIpc) is 3.04. The lowest BCUT2D eigenvalue weighted by atomic mass is 9.82. The molecule has 0 aliphatic carbocycles. The van der Waals surface area contributed by atoms with E-state index in [2.05, 4.69) is 5.10 Å². The normalized spacial score (nSPS) is 22.6. The summed E-state index contributed by atoms with van der Waals surface area (Å²) in [6.45, 7) is 3.32. The summed E-state index contributed by atoms with van der Waals surface area (Å²) < 4.78 is 5.87. The quantitative estimate of drug-likeness (QED) is 0.616. The number of hydrogen-bond donors (Lipinski definition) is 1. The third kappa shape index (κ3) is 2.67. The van der Waals surface area contributed by atoms with Crippen LogP contribution in [0.25, 0.3) is 5.69 Å². The van der Waals surface area contributed by atoms with Crippen molar-refractivity contribution >= 4 is 11.9 Å². The fourth-order valence-electron chi connectivity index (χ4n) is 2.91. The molecule has 0 saturated carbocycles. The fraction of sp³-hybridized carbons (Fsp3) is 0.375. The van der Waals surface area contributed by atoms with E-state index in [0.717, 1.165) is 4.57 Å². The van der Waals surface area contributed by atoms with E-state index in [1.807, 2.05) is 0 Å². The van der Waals surface area contributed by atoms with Crippen molar-refractivity contribution in [3.05, 3.63) is 51.3 Å². The number of ether oxygens (including phenoxy) is 1. The van der Waals surface area contributed by atoms with Crippen LogP contribution in [0.15, 0.2) is 39.9 Å². The summed E-state index contributed by atoms with van der Waals surface area (Å²) in [4.78, 5) is 54.4. The minimum Gasteiger partial charge on any atom is -0.462 e. The van der Waals surface area contributed by atoms with Crippen LogP contribution in [0, 0.1) is 5.41 Å². The van der Waals surface area contributed by atoms with E-state index < -0.39 is 34.8 Å². The molecule has 1 fully saturated rings. The number of cyclic esters (lactones) is 1. The molecule has 1 aliphatic rings. The van der Waals surface area contributed by atoms with Crippen molar-refractivity contribution in [1.29, 1.82) is 0 Å². The Morgan fingerprint density at radius 3 is 2.56 bits per heavy atom. The zero-order valence-corrected chi connectivity index (χ0v) is 13.7. The van der Waals surface area contributed by atoms with Crippen molar-refractivity contribution < 1.29 is 19.2 Å². The molecule has 1 aromatic carbocycles. The van der Waals surface area contributed by atoms with Gasteiger partial charge in [-0.3, -0.25) is 4.79 Å². The van der Waals surface area contributed by atoms with Crippen LogP contribution in [-0.2, 0) is 14.3 Å². The highest BCUT2D eigenvalue weighted by molar-refractivity contribution is 6.01. The highest BCUT2D eigenvalue weighted by Crippen LogP contribution is 2.37. The van der Waals surface area contributed by atoms with E-state index in [1.165, 1.54) is 0 Å². The number of benzene rings is 1. The summed E-state index contributed by atoms with van der Waals surface area (Å²) in [5.41, 5.74) is -2.81. The van der Waals surface area contributed by atoms with Gasteiger partial charge in [0.05, 0.1) is 5.69 Å². The number of H-pyrrole nitrogens is 1. The molecule has 1 aromatic heterocycles. The number of nitrogens with zero attached hydrogens (tertiary/aromatic N) is 2. The monoisotopic (exact) mass is 347 g/mol.